The zero-order valence-corrected chi connectivity index (χ0v) is 9.77. The molecule has 0 aliphatic heterocycles. The van der Waals surface area contributed by atoms with E-state index in [0.29, 0.717) is 17.9 Å². The first-order valence-corrected chi connectivity index (χ1v) is 5.41. The number of carbonyl (C=O) groups excluding carboxylic acids is 1. The molecule has 0 aliphatic carbocycles. The van der Waals surface area contributed by atoms with Crippen LogP contribution in [0, 0.1) is 5.82 Å². The van der Waals surface area contributed by atoms with E-state index in [-0.39, 0.29) is 11.6 Å². The first-order chi connectivity index (χ1) is 7.63. The Kier molecular flexibility index (Phi) is 5.22. The van der Waals surface area contributed by atoms with Crippen molar-refractivity contribution in [2.45, 2.75) is 12.8 Å². The van der Waals surface area contributed by atoms with Gasteiger partial charge in [-0.1, -0.05) is 11.6 Å². The lowest BCUT2D eigenvalue weighted by atomic mass is 10.2. The third-order valence-corrected chi connectivity index (χ3v) is 2.27. The molecule has 0 atom stereocenters. The number of carbonyl (C=O) groups is 1. The molecule has 16 heavy (non-hydrogen) atoms. The maximum Gasteiger partial charge on any atom is 0.224 e. The molecule has 0 fully saturated rings. The van der Waals surface area contributed by atoms with Gasteiger partial charge in [-0.3, -0.25) is 4.79 Å². The fourth-order valence-corrected chi connectivity index (χ4v) is 1.40. The fraction of sp³-hybridized carbons (Fsp3) is 0.364. The smallest absolute Gasteiger partial charge is 0.224 e. The average molecular weight is 245 g/mol. The van der Waals surface area contributed by atoms with Crippen LogP contribution < -0.4 is 10.6 Å². The zero-order chi connectivity index (χ0) is 12.0. The molecular weight excluding hydrogens is 231 g/mol. The van der Waals surface area contributed by atoms with Gasteiger partial charge in [0.15, 0.2) is 0 Å². The van der Waals surface area contributed by atoms with Gasteiger partial charge < -0.3 is 10.6 Å². The predicted molar refractivity (Wildman–Crippen MR) is 63.2 cm³/mol. The first kappa shape index (κ1) is 12.9. The molecule has 0 bridgehead atoms. The number of benzene rings is 1. The Bertz CT molecular complexity index is 371. The molecule has 0 heterocycles. The quantitative estimate of drug-likeness (QED) is 0.781. The predicted octanol–water partition coefficient (Wildman–Crippen LogP) is 2.42. The van der Waals surface area contributed by atoms with Crippen molar-refractivity contribution in [2.24, 2.45) is 0 Å². The van der Waals surface area contributed by atoms with Gasteiger partial charge in [0.1, 0.15) is 5.82 Å². The van der Waals surface area contributed by atoms with Crippen LogP contribution in [0.1, 0.15) is 12.8 Å². The highest BCUT2D eigenvalue weighted by atomic mass is 35.5. The van der Waals surface area contributed by atoms with E-state index >= 15 is 0 Å². The molecule has 0 aliphatic rings. The van der Waals surface area contributed by atoms with E-state index in [9.17, 15) is 9.18 Å². The van der Waals surface area contributed by atoms with Crippen molar-refractivity contribution >= 4 is 23.2 Å². The maximum absolute atomic E-state index is 13.2. The number of nitrogens with one attached hydrogen (secondary N) is 2. The van der Waals surface area contributed by atoms with Gasteiger partial charge >= 0.3 is 0 Å². The minimum absolute atomic E-state index is 0.127. The molecule has 1 rings (SSSR count). The van der Waals surface area contributed by atoms with Crippen LogP contribution >= 0.6 is 11.6 Å². The topological polar surface area (TPSA) is 41.1 Å². The lowest BCUT2D eigenvalue weighted by molar-refractivity contribution is -0.116. The maximum atomic E-state index is 13.2. The molecule has 1 aromatic rings. The normalized spacial score (nSPS) is 10.2. The molecule has 1 amide bonds. The Morgan fingerprint density at radius 3 is 2.94 bits per heavy atom. The second-order valence-corrected chi connectivity index (χ2v) is 3.82. The molecule has 0 unspecified atom stereocenters. The van der Waals surface area contributed by atoms with E-state index in [1.54, 1.807) is 0 Å². The Hall–Kier alpha value is -1.13. The second kappa shape index (κ2) is 6.45. The summed E-state index contributed by atoms with van der Waals surface area (Å²) in [5, 5.41) is 5.81. The van der Waals surface area contributed by atoms with E-state index in [4.69, 9.17) is 11.6 Å². The van der Waals surface area contributed by atoms with Gasteiger partial charge in [-0.15, -0.1) is 0 Å². The van der Waals surface area contributed by atoms with Crippen molar-refractivity contribution in [1.29, 1.82) is 0 Å². The molecule has 2 N–H and O–H groups in total. The van der Waals surface area contributed by atoms with E-state index in [1.807, 2.05) is 7.05 Å². The first-order valence-electron chi connectivity index (χ1n) is 5.03. The van der Waals surface area contributed by atoms with Crippen LogP contribution in [0.2, 0.25) is 5.02 Å². The summed E-state index contributed by atoms with van der Waals surface area (Å²) >= 11 is 5.70. The monoisotopic (exact) mass is 244 g/mol. The molecule has 0 saturated heterocycles. The van der Waals surface area contributed by atoms with Gasteiger partial charge in [0.25, 0.3) is 0 Å². The minimum Gasteiger partial charge on any atom is -0.324 e. The second-order valence-electron chi connectivity index (χ2n) is 3.38. The molecule has 0 radical (unpaired) electrons. The summed E-state index contributed by atoms with van der Waals surface area (Å²) in [5.41, 5.74) is 0.127. The number of hydrogen-bond acceptors (Lipinski definition) is 2. The van der Waals surface area contributed by atoms with Crippen molar-refractivity contribution in [3.05, 3.63) is 29.0 Å². The third kappa shape index (κ3) is 4.16. The Balaban J connectivity index is 2.52. The van der Waals surface area contributed by atoms with Gasteiger partial charge in [-0.2, -0.15) is 0 Å². The number of anilines is 1. The Morgan fingerprint density at radius 1 is 1.50 bits per heavy atom. The summed E-state index contributed by atoms with van der Waals surface area (Å²) in [5.74, 6) is -0.692. The van der Waals surface area contributed by atoms with Crippen molar-refractivity contribution in [2.75, 3.05) is 18.9 Å². The van der Waals surface area contributed by atoms with Crippen LogP contribution in [0.3, 0.4) is 0 Å². The van der Waals surface area contributed by atoms with Crippen LogP contribution in [-0.4, -0.2) is 19.5 Å². The molecule has 0 saturated carbocycles. The van der Waals surface area contributed by atoms with Gasteiger partial charge in [0.2, 0.25) is 5.91 Å². The van der Waals surface area contributed by atoms with E-state index in [0.717, 1.165) is 6.54 Å². The Morgan fingerprint density at radius 2 is 2.25 bits per heavy atom. The molecular formula is C11H14ClFN2O. The van der Waals surface area contributed by atoms with Crippen molar-refractivity contribution in [3.8, 4) is 0 Å². The van der Waals surface area contributed by atoms with Crippen molar-refractivity contribution < 1.29 is 9.18 Å². The zero-order valence-electron chi connectivity index (χ0n) is 9.02. The average Bonchev–Trinajstić information content (AvgIpc) is 2.24. The summed E-state index contributed by atoms with van der Waals surface area (Å²) in [4.78, 5) is 11.4. The molecule has 3 nitrogen and oxygen atoms in total. The molecule has 0 aromatic heterocycles. The molecule has 5 heteroatoms. The summed E-state index contributed by atoms with van der Waals surface area (Å²) in [6.45, 7) is 0.755. The lowest BCUT2D eigenvalue weighted by Gasteiger charge is -2.06. The highest BCUT2D eigenvalue weighted by Crippen LogP contribution is 2.19. The van der Waals surface area contributed by atoms with E-state index in [1.165, 1.54) is 18.2 Å². The molecule has 1 aromatic carbocycles. The van der Waals surface area contributed by atoms with Crippen LogP contribution in [0.25, 0.3) is 0 Å². The van der Waals surface area contributed by atoms with Gasteiger partial charge in [-0.05, 0) is 38.2 Å². The van der Waals surface area contributed by atoms with Crippen LogP contribution in [0.4, 0.5) is 10.1 Å². The standard InChI is InChI=1S/C11H14ClFN2O/c1-14-6-2-3-11(16)15-10-7-8(12)4-5-9(10)13/h4-5,7,14H,2-3,6H2,1H3,(H,15,16). The summed E-state index contributed by atoms with van der Waals surface area (Å²) in [7, 11) is 1.81. The third-order valence-electron chi connectivity index (χ3n) is 2.03. The SMILES string of the molecule is CNCCCC(=O)Nc1cc(Cl)ccc1F. The van der Waals surface area contributed by atoms with Gasteiger partial charge in [0.05, 0.1) is 5.69 Å². The largest absolute Gasteiger partial charge is 0.324 e. The van der Waals surface area contributed by atoms with E-state index < -0.39 is 5.82 Å². The highest BCUT2D eigenvalue weighted by molar-refractivity contribution is 6.30. The number of hydrogen-bond donors (Lipinski definition) is 2. The Labute approximate surface area is 99.0 Å². The van der Waals surface area contributed by atoms with E-state index in [2.05, 4.69) is 10.6 Å². The van der Waals surface area contributed by atoms with Gasteiger partial charge in [-0.25, -0.2) is 4.39 Å². The molecule has 88 valence electrons. The highest BCUT2D eigenvalue weighted by Gasteiger charge is 2.06. The van der Waals surface area contributed by atoms with Crippen molar-refractivity contribution in [1.82, 2.24) is 5.32 Å². The van der Waals surface area contributed by atoms with Crippen LogP contribution in [0.15, 0.2) is 18.2 Å². The lowest BCUT2D eigenvalue weighted by Crippen LogP contribution is -2.15. The summed E-state index contributed by atoms with van der Waals surface area (Å²) in [6, 6.07) is 4.06. The molecule has 0 spiro atoms. The summed E-state index contributed by atoms with van der Waals surface area (Å²) < 4.78 is 13.2. The minimum atomic E-state index is -0.480. The van der Waals surface area contributed by atoms with Crippen LogP contribution in [-0.2, 0) is 4.79 Å². The van der Waals surface area contributed by atoms with Crippen LogP contribution in [0.5, 0.6) is 0 Å². The van der Waals surface area contributed by atoms with Gasteiger partial charge in [0, 0.05) is 11.4 Å². The number of halogens is 2. The fourth-order valence-electron chi connectivity index (χ4n) is 1.23. The summed E-state index contributed by atoms with van der Waals surface area (Å²) in [6.07, 6.45) is 1.07. The number of amides is 1. The van der Waals surface area contributed by atoms with Crippen molar-refractivity contribution in [3.63, 3.8) is 0 Å². The number of rotatable bonds is 5.